The Hall–Kier alpha value is -2.49. The van der Waals surface area contributed by atoms with Crippen molar-refractivity contribution in [1.29, 1.82) is 0 Å². The predicted octanol–water partition coefficient (Wildman–Crippen LogP) is 3.56. The minimum Gasteiger partial charge on any atom is -0.426 e. The van der Waals surface area contributed by atoms with Gasteiger partial charge in [0.05, 0.1) is 15.7 Å². The average Bonchev–Trinajstić information content (AvgIpc) is 2.68. The van der Waals surface area contributed by atoms with Crippen LogP contribution in [-0.4, -0.2) is 36.7 Å². The van der Waals surface area contributed by atoms with Crippen LogP contribution in [0.25, 0.3) is 0 Å². The van der Waals surface area contributed by atoms with Gasteiger partial charge in [0.2, 0.25) is 10.0 Å². The van der Waals surface area contributed by atoms with Crippen molar-refractivity contribution >= 4 is 33.3 Å². The molecule has 154 valence electrons. The topological polar surface area (TPSA) is 107 Å². The summed E-state index contributed by atoms with van der Waals surface area (Å²) in [6.45, 7) is 1.84. The number of hydrogen-bond donors (Lipinski definition) is 0. The highest BCUT2D eigenvalue weighted by Crippen LogP contribution is 2.29. The van der Waals surface area contributed by atoms with Crippen LogP contribution in [0.15, 0.2) is 47.4 Å². The van der Waals surface area contributed by atoms with Crippen LogP contribution >= 0.6 is 11.6 Å². The van der Waals surface area contributed by atoms with Crippen LogP contribution in [0.3, 0.4) is 0 Å². The van der Waals surface area contributed by atoms with Crippen molar-refractivity contribution in [3.8, 4) is 5.75 Å². The molecule has 0 N–H and O–H groups in total. The van der Waals surface area contributed by atoms with Crippen molar-refractivity contribution in [3.05, 3.63) is 63.2 Å². The second-order valence-electron chi connectivity index (χ2n) is 6.76. The summed E-state index contributed by atoms with van der Waals surface area (Å²) in [7, 11) is -3.90. The normalized spacial score (nSPS) is 15.8. The summed E-state index contributed by atoms with van der Waals surface area (Å²) in [6, 6.07) is 10.2. The molecule has 2 aromatic rings. The zero-order valence-electron chi connectivity index (χ0n) is 15.6. The van der Waals surface area contributed by atoms with E-state index in [-0.39, 0.29) is 23.7 Å². The third-order valence-electron chi connectivity index (χ3n) is 4.80. The maximum Gasteiger partial charge on any atom is 0.314 e. The van der Waals surface area contributed by atoms with Crippen molar-refractivity contribution in [1.82, 2.24) is 4.31 Å². The lowest BCUT2D eigenvalue weighted by Crippen LogP contribution is -2.41. The summed E-state index contributed by atoms with van der Waals surface area (Å²) in [5, 5.41) is 11.4. The van der Waals surface area contributed by atoms with Gasteiger partial charge < -0.3 is 4.74 Å². The predicted molar refractivity (Wildman–Crippen MR) is 106 cm³/mol. The lowest BCUT2D eigenvalue weighted by atomic mass is 9.98. The second kappa shape index (κ2) is 8.48. The van der Waals surface area contributed by atoms with Crippen molar-refractivity contribution in [2.45, 2.75) is 24.7 Å². The molecule has 1 fully saturated rings. The number of aryl methyl sites for hydroxylation is 1. The number of piperidine rings is 1. The molecule has 0 radical (unpaired) electrons. The number of rotatable bonds is 5. The first-order chi connectivity index (χ1) is 13.7. The van der Waals surface area contributed by atoms with E-state index in [1.54, 1.807) is 25.1 Å². The van der Waals surface area contributed by atoms with Crippen LogP contribution in [0.1, 0.15) is 18.4 Å². The van der Waals surface area contributed by atoms with Gasteiger partial charge >= 0.3 is 5.97 Å². The zero-order valence-corrected chi connectivity index (χ0v) is 17.1. The molecule has 3 rings (SSSR count). The van der Waals surface area contributed by atoms with Gasteiger partial charge in [0.1, 0.15) is 5.75 Å². The van der Waals surface area contributed by atoms with Crippen molar-refractivity contribution in [2.24, 2.45) is 5.92 Å². The smallest absolute Gasteiger partial charge is 0.314 e. The first-order valence-electron chi connectivity index (χ1n) is 8.91. The number of non-ortho nitro benzene ring substituents is 1. The lowest BCUT2D eigenvalue weighted by molar-refractivity contribution is -0.385. The maximum atomic E-state index is 13.0. The Labute approximate surface area is 173 Å². The van der Waals surface area contributed by atoms with Crippen LogP contribution in [0, 0.1) is 23.0 Å². The lowest BCUT2D eigenvalue weighted by Gasteiger charge is -2.30. The molecule has 1 aliphatic rings. The molecule has 0 aromatic heterocycles. The van der Waals surface area contributed by atoms with E-state index >= 15 is 0 Å². The van der Waals surface area contributed by atoms with Gasteiger partial charge in [-0.25, -0.2) is 8.42 Å². The molecule has 0 spiro atoms. The van der Waals surface area contributed by atoms with Crippen LogP contribution in [0.2, 0.25) is 5.02 Å². The van der Waals surface area contributed by atoms with Gasteiger partial charge in [0.15, 0.2) is 0 Å². The third kappa shape index (κ3) is 4.75. The quantitative estimate of drug-likeness (QED) is 0.306. The number of carbonyl (C=O) groups is 1. The first kappa shape index (κ1) is 21.2. The molecule has 0 aliphatic carbocycles. The Bertz CT molecular complexity index is 1050. The Morgan fingerprint density at radius 2 is 1.90 bits per heavy atom. The summed E-state index contributed by atoms with van der Waals surface area (Å²) < 4.78 is 32.5. The van der Waals surface area contributed by atoms with E-state index in [1.165, 1.54) is 22.5 Å². The highest BCUT2D eigenvalue weighted by molar-refractivity contribution is 7.89. The Kier molecular flexibility index (Phi) is 6.21. The standard InChI is InChI=1S/C19H19ClN2O6S/c1-13-5-6-16(22(24)25)12-18(13)29(26,27)21-9-7-14(8-10-21)19(23)28-17-4-2-3-15(20)11-17/h2-6,11-12,14H,7-10H2,1H3. The Morgan fingerprint density at radius 3 is 2.52 bits per heavy atom. The van der Waals surface area contributed by atoms with Gasteiger partial charge in [-0.15, -0.1) is 0 Å². The van der Waals surface area contributed by atoms with E-state index in [2.05, 4.69) is 0 Å². The number of esters is 1. The molecule has 1 saturated heterocycles. The minimum atomic E-state index is -3.90. The fraction of sp³-hybridized carbons (Fsp3) is 0.316. The SMILES string of the molecule is Cc1ccc([N+](=O)[O-])cc1S(=O)(=O)N1CCC(C(=O)Oc2cccc(Cl)c2)CC1. The minimum absolute atomic E-state index is 0.0911. The Balaban J connectivity index is 1.69. The average molecular weight is 439 g/mol. The number of nitrogens with zero attached hydrogens (tertiary/aromatic N) is 2. The van der Waals surface area contributed by atoms with E-state index in [0.29, 0.717) is 29.2 Å². The molecule has 0 amide bonds. The van der Waals surface area contributed by atoms with Gasteiger partial charge in [-0.05, 0) is 43.5 Å². The number of ether oxygens (including phenoxy) is 1. The fourth-order valence-corrected chi connectivity index (χ4v) is 5.08. The number of hydrogen-bond acceptors (Lipinski definition) is 6. The van der Waals surface area contributed by atoms with E-state index < -0.39 is 26.8 Å². The maximum absolute atomic E-state index is 13.0. The molecule has 2 aromatic carbocycles. The number of benzene rings is 2. The van der Waals surface area contributed by atoms with Crippen LogP contribution in [0.5, 0.6) is 5.75 Å². The monoisotopic (exact) mass is 438 g/mol. The molecule has 1 heterocycles. The molecule has 10 heteroatoms. The molecule has 0 bridgehead atoms. The van der Waals surface area contributed by atoms with Crippen molar-refractivity contribution in [3.63, 3.8) is 0 Å². The molecular formula is C19H19ClN2O6S. The van der Waals surface area contributed by atoms with E-state index in [1.807, 2.05) is 0 Å². The van der Waals surface area contributed by atoms with Crippen LogP contribution in [-0.2, 0) is 14.8 Å². The van der Waals surface area contributed by atoms with Crippen LogP contribution < -0.4 is 4.74 Å². The number of halogens is 1. The summed E-state index contributed by atoms with van der Waals surface area (Å²) in [5.41, 5.74) is 0.146. The summed E-state index contributed by atoms with van der Waals surface area (Å²) in [5.74, 6) is -0.535. The molecule has 0 saturated carbocycles. The Morgan fingerprint density at radius 1 is 1.21 bits per heavy atom. The van der Waals surface area contributed by atoms with Gasteiger partial charge in [-0.1, -0.05) is 23.7 Å². The van der Waals surface area contributed by atoms with E-state index in [9.17, 15) is 23.3 Å². The van der Waals surface area contributed by atoms with Gasteiger partial charge in [0, 0.05) is 30.2 Å². The number of carbonyl (C=O) groups excluding carboxylic acids is 1. The van der Waals surface area contributed by atoms with Crippen molar-refractivity contribution < 1.29 is 22.9 Å². The summed E-state index contributed by atoms with van der Waals surface area (Å²) in [4.78, 5) is 22.6. The highest BCUT2D eigenvalue weighted by atomic mass is 35.5. The molecule has 8 nitrogen and oxygen atoms in total. The third-order valence-corrected chi connectivity index (χ3v) is 7.08. The largest absolute Gasteiger partial charge is 0.426 e. The molecule has 0 unspecified atom stereocenters. The summed E-state index contributed by atoms with van der Waals surface area (Å²) >= 11 is 5.88. The van der Waals surface area contributed by atoms with Crippen molar-refractivity contribution in [2.75, 3.05) is 13.1 Å². The number of nitro benzene ring substituents is 1. The molecule has 0 atom stereocenters. The van der Waals surface area contributed by atoms with E-state index in [4.69, 9.17) is 16.3 Å². The molecule has 1 aliphatic heterocycles. The zero-order chi connectivity index (χ0) is 21.2. The molecular weight excluding hydrogens is 420 g/mol. The van der Waals surface area contributed by atoms with Gasteiger partial charge in [-0.2, -0.15) is 4.31 Å². The fourth-order valence-electron chi connectivity index (χ4n) is 3.18. The van der Waals surface area contributed by atoms with E-state index in [0.717, 1.165) is 6.07 Å². The highest BCUT2D eigenvalue weighted by Gasteiger charge is 2.34. The van der Waals surface area contributed by atoms with Crippen LogP contribution in [0.4, 0.5) is 5.69 Å². The summed E-state index contributed by atoms with van der Waals surface area (Å²) in [6.07, 6.45) is 0.596. The first-order valence-corrected chi connectivity index (χ1v) is 10.7. The second-order valence-corrected chi connectivity index (χ2v) is 9.11. The molecule has 29 heavy (non-hydrogen) atoms. The number of sulfonamides is 1. The number of nitro groups is 1. The van der Waals surface area contributed by atoms with Gasteiger partial charge in [-0.3, -0.25) is 14.9 Å². The van der Waals surface area contributed by atoms with Gasteiger partial charge in [0.25, 0.3) is 5.69 Å².